The van der Waals surface area contributed by atoms with Crippen LogP contribution in [0.25, 0.3) is 0 Å². The molecule has 0 heterocycles. The van der Waals surface area contributed by atoms with Crippen LogP contribution in [0.5, 0.6) is 0 Å². The Kier molecular flexibility index (Phi) is 45.2. The largest absolute Gasteiger partial charge is 0.477 e. The van der Waals surface area contributed by atoms with Crippen LogP contribution in [-0.4, -0.2) is 80.6 Å². The Bertz CT molecular complexity index is 1040. The van der Waals surface area contributed by atoms with Crippen LogP contribution in [0.3, 0.4) is 0 Å². The second kappa shape index (κ2) is 46.6. The third kappa shape index (κ3) is 45.0. The van der Waals surface area contributed by atoms with Crippen LogP contribution in [0.2, 0.25) is 0 Å². The molecular formula is C55H106NO7+. The first-order valence-corrected chi connectivity index (χ1v) is 27.2. The van der Waals surface area contributed by atoms with E-state index in [0.29, 0.717) is 19.3 Å². The van der Waals surface area contributed by atoms with E-state index in [4.69, 9.17) is 14.2 Å². The molecule has 2 unspecified atom stereocenters. The molecule has 0 aliphatic carbocycles. The van der Waals surface area contributed by atoms with E-state index in [1.807, 2.05) is 21.1 Å². The third-order valence-corrected chi connectivity index (χ3v) is 12.7. The zero-order valence-electron chi connectivity index (χ0n) is 42.6. The van der Waals surface area contributed by atoms with Crippen LogP contribution >= 0.6 is 0 Å². The zero-order valence-corrected chi connectivity index (χ0v) is 42.6. The Balaban J connectivity index is 4.18. The van der Waals surface area contributed by atoms with Gasteiger partial charge < -0.3 is 23.8 Å². The van der Waals surface area contributed by atoms with Gasteiger partial charge in [-0.15, -0.1) is 0 Å². The van der Waals surface area contributed by atoms with Gasteiger partial charge in [0.25, 0.3) is 0 Å². The van der Waals surface area contributed by atoms with Gasteiger partial charge in [0.05, 0.1) is 34.4 Å². The van der Waals surface area contributed by atoms with E-state index in [2.05, 4.69) is 26.0 Å². The first kappa shape index (κ1) is 61.1. The monoisotopic (exact) mass is 893 g/mol. The maximum atomic E-state index is 12.8. The molecule has 0 spiro atoms. The minimum atomic E-state index is -0.870. The van der Waals surface area contributed by atoms with Gasteiger partial charge in [0.15, 0.2) is 12.1 Å². The molecule has 1 N–H and O–H groups in total. The average Bonchev–Trinajstić information content (AvgIpc) is 3.24. The first-order valence-electron chi connectivity index (χ1n) is 27.2. The van der Waals surface area contributed by atoms with Crippen molar-refractivity contribution in [3.05, 3.63) is 12.2 Å². The van der Waals surface area contributed by atoms with Crippen LogP contribution < -0.4 is 0 Å². The Morgan fingerprint density at radius 1 is 0.460 bits per heavy atom. The highest BCUT2D eigenvalue weighted by Gasteiger charge is 2.31. The van der Waals surface area contributed by atoms with Crippen LogP contribution in [0.4, 0.5) is 0 Å². The van der Waals surface area contributed by atoms with Gasteiger partial charge in [0.1, 0.15) is 6.61 Å². The maximum Gasteiger partial charge on any atom is 0.362 e. The lowest BCUT2D eigenvalue weighted by Crippen LogP contribution is -2.50. The molecule has 8 heteroatoms. The molecule has 0 aliphatic rings. The van der Waals surface area contributed by atoms with E-state index in [-0.39, 0.29) is 36.2 Å². The second-order valence-corrected chi connectivity index (χ2v) is 19.8. The van der Waals surface area contributed by atoms with Crippen LogP contribution in [0, 0.1) is 0 Å². The number of ether oxygens (including phenoxy) is 3. The lowest BCUT2D eigenvalue weighted by Gasteiger charge is -2.31. The maximum absolute atomic E-state index is 12.8. The minimum absolute atomic E-state index is 0.0465. The number of esters is 2. The molecule has 0 aromatic carbocycles. The molecule has 63 heavy (non-hydrogen) atoms. The fourth-order valence-electron chi connectivity index (χ4n) is 8.44. The summed E-state index contributed by atoms with van der Waals surface area (Å²) in [6.45, 7) is 4.79. The van der Waals surface area contributed by atoms with Crippen molar-refractivity contribution in [1.82, 2.24) is 0 Å². The Hall–Kier alpha value is -1.93. The Morgan fingerprint density at radius 2 is 0.794 bits per heavy atom. The normalized spacial score (nSPS) is 12.8. The standard InChI is InChI=1S/C55H105NO7/c1-6-8-10-12-14-16-18-20-22-24-26-28-30-32-34-36-38-40-42-44-46-54(58)63-51(49-61-48-47-52(55(59)60)56(3,4)5)50-62-53(57)45-43-41-39-37-35-33-31-29-27-25-23-21-19-17-15-13-11-9-7-2/h25,27,51-52H,6-24,26,28-50H2,1-5H3/p+1/b27-25+. The number of allylic oxidation sites excluding steroid dienone is 2. The predicted octanol–water partition coefficient (Wildman–Crippen LogP) is 15.8. The number of carbonyl (C=O) groups excluding carboxylic acids is 2. The van der Waals surface area contributed by atoms with Crippen molar-refractivity contribution in [1.29, 1.82) is 0 Å². The van der Waals surface area contributed by atoms with Crippen molar-refractivity contribution in [2.24, 2.45) is 0 Å². The number of hydrogen-bond donors (Lipinski definition) is 1. The number of carboxylic acids is 1. The highest BCUT2D eigenvalue weighted by molar-refractivity contribution is 5.72. The lowest BCUT2D eigenvalue weighted by molar-refractivity contribution is -0.887. The summed E-state index contributed by atoms with van der Waals surface area (Å²) in [6.07, 6.45) is 52.6. The summed E-state index contributed by atoms with van der Waals surface area (Å²) in [5.41, 5.74) is 0. The fraction of sp³-hybridized carbons (Fsp3) is 0.909. The summed E-state index contributed by atoms with van der Waals surface area (Å²) in [5, 5.41) is 9.66. The summed E-state index contributed by atoms with van der Waals surface area (Å²) >= 11 is 0. The molecular weight excluding hydrogens is 787 g/mol. The van der Waals surface area contributed by atoms with E-state index >= 15 is 0 Å². The number of quaternary nitrogens is 1. The SMILES string of the molecule is CCCCCCCCCC/C=C/CCCCCCCCCC(=O)OCC(COCCC(C(=O)O)[N+](C)(C)C)OC(=O)CCCCCCCCCCCCCCCCCCCCCC. The van der Waals surface area contributed by atoms with Gasteiger partial charge in [-0.1, -0.05) is 225 Å². The van der Waals surface area contributed by atoms with E-state index < -0.39 is 18.1 Å². The number of hydrogen-bond acceptors (Lipinski definition) is 6. The van der Waals surface area contributed by atoms with Gasteiger partial charge in [-0.25, -0.2) is 4.79 Å². The summed E-state index contributed by atoms with van der Waals surface area (Å²) in [5.74, 6) is -1.45. The van der Waals surface area contributed by atoms with E-state index in [9.17, 15) is 19.5 Å². The summed E-state index contributed by atoms with van der Waals surface area (Å²) < 4.78 is 17.4. The molecule has 0 amide bonds. The van der Waals surface area contributed by atoms with Gasteiger partial charge in [-0.3, -0.25) is 9.59 Å². The van der Waals surface area contributed by atoms with E-state index in [1.165, 1.54) is 199 Å². The molecule has 372 valence electrons. The number of likely N-dealkylation sites (N-methyl/N-ethyl adjacent to an activating group) is 1. The minimum Gasteiger partial charge on any atom is -0.477 e. The van der Waals surface area contributed by atoms with E-state index in [1.54, 1.807) is 0 Å². The molecule has 8 nitrogen and oxygen atoms in total. The number of unbranched alkanes of at least 4 members (excludes halogenated alkanes) is 34. The fourth-order valence-corrected chi connectivity index (χ4v) is 8.44. The highest BCUT2D eigenvalue weighted by Crippen LogP contribution is 2.17. The molecule has 0 fully saturated rings. The number of carbonyl (C=O) groups is 3. The van der Waals surface area contributed by atoms with Gasteiger partial charge in [-0.2, -0.15) is 0 Å². The van der Waals surface area contributed by atoms with Crippen molar-refractivity contribution < 1.29 is 38.2 Å². The van der Waals surface area contributed by atoms with Gasteiger partial charge in [-0.05, 0) is 38.5 Å². The van der Waals surface area contributed by atoms with Crippen LogP contribution in [0.1, 0.15) is 271 Å². The molecule has 0 saturated heterocycles. The molecule has 0 aromatic heterocycles. The van der Waals surface area contributed by atoms with Gasteiger partial charge in [0, 0.05) is 19.3 Å². The summed E-state index contributed by atoms with van der Waals surface area (Å²) in [4.78, 5) is 37.2. The summed E-state index contributed by atoms with van der Waals surface area (Å²) in [7, 11) is 5.55. The van der Waals surface area contributed by atoms with E-state index in [0.717, 1.165) is 38.5 Å². The zero-order chi connectivity index (χ0) is 46.3. The first-order chi connectivity index (χ1) is 30.6. The topological polar surface area (TPSA) is 99.1 Å². The number of rotatable bonds is 50. The van der Waals surface area contributed by atoms with Crippen molar-refractivity contribution in [3.8, 4) is 0 Å². The number of aliphatic carboxylic acids is 1. The Labute approximate surface area is 390 Å². The smallest absolute Gasteiger partial charge is 0.362 e. The quantitative estimate of drug-likeness (QED) is 0.0281. The number of nitrogens with zero attached hydrogens (tertiary/aromatic N) is 1. The average molecular weight is 893 g/mol. The third-order valence-electron chi connectivity index (χ3n) is 12.7. The van der Waals surface area contributed by atoms with Gasteiger partial charge in [0.2, 0.25) is 0 Å². The Morgan fingerprint density at radius 3 is 1.14 bits per heavy atom. The number of carboxylic acid groups (broad SMARTS) is 1. The molecule has 2 atom stereocenters. The van der Waals surface area contributed by atoms with Crippen molar-refractivity contribution in [2.75, 3.05) is 41.0 Å². The van der Waals surface area contributed by atoms with Crippen LogP contribution in [-0.2, 0) is 28.6 Å². The molecule has 0 aromatic rings. The predicted molar refractivity (Wildman–Crippen MR) is 266 cm³/mol. The summed E-state index contributed by atoms with van der Waals surface area (Å²) in [6, 6.07) is -0.612. The van der Waals surface area contributed by atoms with Crippen molar-refractivity contribution in [2.45, 2.75) is 283 Å². The second-order valence-electron chi connectivity index (χ2n) is 19.8. The molecule has 0 aliphatic heterocycles. The highest BCUT2D eigenvalue weighted by atomic mass is 16.6. The molecule has 0 radical (unpaired) electrons. The molecule has 0 rings (SSSR count). The lowest BCUT2D eigenvalue weighted by atomic mass is 10.0. The van der Waals surface area contributed by atoms with Crippen LogP contribution in [0.15, 0.2) is 12.2 Å². The van der Waals surface area contributed by atoms with Gasteiger partial charge >= 0.3 is 17.9 Å². The molecule has 0 saturated carbocycles. The van der Waals surface area contributed by atoms with Crippen molar-refractivity contribution >= 4 is 17.9 Å². The van der Waals surface area contributed by atoms with Crippen molar-refractivity contribution in [3.63, 3.8) is 0 Å². The molecule has 0 bridgehead atoms.